The molecule has 0 saturated heterocycles. The molecular formula is C21H19Cl2N5O2S. The van der Waals surface area contributed by atoms with Gasteiger partial charge in [0.05, 0.1) is 21.7 Å². The lowest BCUT2D eigenvalue weighted by molar-refractivity contribution is 0.189. The Morgan fingerprint density at radius 2 is 2.00 bits per heavy atom. The van der Waals surface area contributed by atoms with E-state index in [1.165, 1.54) is 11.8 Å². The van der Waals surface area contributed by atoms with Crippen molar-refractivity contribution in [1.29, 1.82) is 0 Å². The number of aromatic nitrogens is 5. The average molecular weight is 476 g/mol. The van der Waals surface area contributed by atoms with Crippen LogP contribution in [0.25, 0.3) is 22.3 Å². The summed E-state index contributed by atoms with van der Waals surface area (Å²) in [7, 11) is 1.67. The van der Waals surface area contributed by atoms with Gasteiger partial charge in [-0.25, -0.2) is 4.98 Å². The summed E-state index contributed by atoms with van der Waals surface area (Å²) in [5.41, 5.74) is 1.17. The lowest BCUT2D eigenvalue weighted by Crippen LogP contribution is -2.11. The third kappa shape index (κ3) is 4.93. The largest absolute Gasteiger partial charge is 0.385 e. The number of H-pyrrole nitrogens is 1. The second-order valence-electron chi connectivity index (χ2n) is 6.75. The summed E-state index contributed by atoms with van der Waals surface area (Å²) in [6.45, 7) is 1.28. The number of methoxy groups -OCH3 is 1. The monoisotopic (exact) mass is 475 g/mol. The third-order valence-corrected chi connectivity index (χ3v) is 6.16. The molecule has 10 heteroatoms. The molecular weight excluding hydrogens is 457 g/mol. The van der Waals surface area contributed by atoms with E-state index in [1.54, 1.807) is 25.3 Å². The molecule has 2 aromatic carbocycles. The number of aromatic amines is 1. The highest BCUT2D eigenvalue weighted by Gasteiger charge is 2.17. The SMILES string of the molecule is COCCCn1c(SCc2nc3cc(Cl)ccc3c(=O)[nH]2)nnc1-c1ccccc1Cl. The van der Waals surface area contributed by atoms with Gasteiger partial charge in [0.1, 0.15) is 5.82 Å². The lowest BCUT2D eigenvalue weighted by atomic mass is 10.2. The Kier molecular flexibility index (Phi) is 6.92. The summed E-state index contributed by atoms with van der Waals surface area (Å²) in [5.74, 6) is 1.65. The summed E-state index contributed by atoms with van der Waals surface area (Å²) in [4.78, 5) is 19.7. The van der Waals surface area contributed by atoms with E-state index in [2.05, 4.69) is 20.2 Å². The number of fused-ring (bicyclic) bond motifs is 1. The zero-order chi connectivity index (χ0) is 21.8. The van der Waals surface area contributed by atoms with E-state index in [0.29, 0.717) is 56.7 Å². The summed E-state index contributed by atoms with van der Waals surface area (Å²) in [6.07, 6.45) is 0.795. The van der Waals surface area contributed by atoms with Gasteiger partial charge < -0.3 is 14.3 Å². The van der Waals surface area contributed by atoms with Crippen molar-refractivity contribution in [2.45, 2.75) is 23.9 Å². The number of halogens is 2. The molecule has 2 aromatic heterocycles. The molecule has 0 saturated carbocycles. The number of rotatable bonds is 8. The fourth-order valence-corrected chi connectivity index (χ4v) is 4.39. The standard InChI is InChI=1S/C21H19Cl2N5O2S/c1-30-10-4-9-28-19(14-5-2-3-6-16(14)23)26-27-21(28)31-12-18-24-17-11-13(22)7-8-15(17)20(29)25-18/h2-3,5-8,11H,4,9-10,12H2,1H3,(H,24,25,29). The molecule has 0 fully saturated rings. The molecule has 7 nitrogen and oxygen atoms in total. The number of ether oxygens (including phenoxy) is 1. The Bertz CT molecular complexity index is 1270. The van der Waals surface area contributed by atoms with Crippen molar-refractivity contribution in [3.8, 4) is 11.4 Å². The Morgan fingerprint density at radius 1 is 1.16 bits per heavy atom. The van der Waals surface area contributed by atoms with Gasteiger partial charge in [-0.15, -0.1) is 10.2 Å². The van der Waals surface area contributed by atoms with E-state index in [1.807, 2.05) is 28.8 Å². The zero-order valence-electron chi connectivity index (χ0n) is 16.6. The number of nitrogens with zero attached hydrogens (tertiary/aromatic N) is 4. The molecule has 160 valence electrons. The Balaban J connectivity index is 1.63. The van der Waals surface area contributed by atoms with Crippen LogP contribution in [0.5, 0.6) is 0 Å². The van der Waals surface area contributed by atoms with Gasteiger partial charge in [-0.3, -0.25) is 4.79 Å². The van der Waals surface area contributed by atoms with Crippen molar-refractivity contribution in [2.75, 3.05) is 13.7 Å². The van der Waals surface area contributed by atoms with E-state index >= 15 is 0 Å². The Hall–Kier alpha value is -2.39. The maximum Gasteiger partial charge on any atom is 0.258 e. The molecule has 4 aromatic rings. The first-order valence-corrected chi connectivity index (χ1v) is 11.3. The fraction of sp³-hybridized carbons (Fsp3) is 0.238. The molecule has 0 aliphatic heterocycles. The average Bonchev–Trinajstić information content (AvgIpc) is 3.15. The predicted octanol–water partition coefficient (Wildman–Crippen LogP) is 4.82. The molecule has 0 aliphatic carbocycles. The van der Waals surface area contributed by atoms with Crippen LogP contribution in [-0.4, -0.2) is 38.4 Å². The number of thioether (sulfide) groups is 1. The van der Waals surface area contributed by atoms with Crippen LogP contribution in [0.4, 0.5) is 0 Å². The smallest absolute Gasteiger partial charge is 0.258 e. The minimum absolute atomic E-state index is 0.199. The van der Waals surface area contributed by atoms with Crippen LogP contribution in [0, 0.1) is 0 Å². The first-order valence-electron chi connectivity index (χ1n) is 9.55. The number of benzene rings is 2. The molecule has 0 amide bonds. The maximum absolute atomic E-state index is 12.4. The quantitative estimate of drug-likeness (QED) is 0.290. The minimum Gasteiger partial charge on any atom is -0.385 e. The van der Waals surface area contributed by atoms with Gasteiger partial charge in [0.2, 0.25) is 0 Å². The Labute approximate surface area is 192 Å². The Morgan fingerprint density at radius 3 is 2.81 bits per heavy atom. The van der Waals surface area contributed by atoms with Crippen LogP contribution in [0.15, 0.2) is 52.4 Å². The van der Waals surface area contributed by atoms with Crippen molar-refractivity contribution in [3.05, 3.63) is 68.7 Å². The highest BCUT2D eigenvalue weighted by Crippen LogP contribution is 2.30. The van der Waals surface area contributed by atoms with Crippen LogP contribution in [0.3, 0.4) is 0 Å². The second kappa shape index (κ2) is 9.82. The summed E-state index contributed by atoms with van der Waals surface area (Å²) < 4.78 is 7.21. The van der Waals surface area contributed by atoms with Gasteiger partial charge in [-0.05, 0) is 36.8 Å². The number of hydrogen-bond acceptors (Lipinski definition) is 6. The third-order valence-electron chi connectivity index (χ3n) is 4.62. The fourth-order valence-electron chi connectivity index (χ4n) is 3.17. The molecule has 0 atom stereocenters. The van der Waals surface area contributed by atoms with Gasteiger partial charge >= 0.3 is 0 Å². The van der Waals surface area contributed by atoms with E-state index < -0.39 is 0 Å². The van der Waals surface area contributed by atoms with E-state index in [-0.39, 0.29) is 5.56 Å². The van der Waals surface area contributed by atoms with Crippen LogP contribution < -0.4 is 5.56 Å². The van der Waals surface area contributed by atoms with E-state index in [4.69, 9.17) is 27.9 Å². The first kappa shape index (κ1) is 21.8. The van der Waals surface area contributed by atoms with Crippen LogP contribution in [-0.2, 0) is 17.0 Å². The topological polar surface area (TPSA) is 85.7 Å². The lowest BCUT2D eigenvalue weighted by Gasteiger charge is -2.11. The molecule has 0 aliphatic rings. The summed E-state index contributed by atoms with van der Waals surface area (Å²) >= 11 is 13.9. The van der Waals surface area contributed by atoms with Crippen LogP contribution in [0.2, 0.25) is 10.0 Å². The van der Waals surface area contributed by atoms with Crippen molar-refractivity contribution < 1.29 is 4.74 Å². The summed E-state index contributed by atoms with van der Waals surface area (Å²) in [5, 5.41) is 11.1. The molecule has 1 N–H and O–H groups in total. The first-order chi connectivity index (χ1) is 15.1. The van der Waals surface area contributed by atoms with Crippen molar-refractivity contribution in [2.24, 2.45) is 0 Å². The highest BCUT2D eigenvalue weighted by atomic mass is 35.5. The second-order valence-corrected chi connectivity index (χ2v) is 8.53. The predicted molar refractivity (Wildman–Crippen MR) is 124 cm³/mol. The summed E-state index contributed by atoms with van der Waals surface area (Å²) in [6, 6.07) is 12.6. The van der Waals surface area contributed by atoms with Gasteiger partial charge in [0.25, 0.3) is 5.56 Å². The molecule has 31 heavy (non-hydrogen) atoms. The molecule has 0 unspecified atom stereocenters. The van der Waals surface area contributed by atoms with Gasteiger partial charge in [-0.1, -0.05) is 47.1 Å². The zero-order valence-corrected chi connectivity index (χ0v) is 19.0. The van der Waals surface area contributed by atoms with Crippen LogP contribution in [0.1, 0.15) is 12.2 Å². The van der Waals surface area contributed by atoms with E-state index in [0.717, 1.165) is 12.0 Å². The number of hydrogen-bond donors (Lipinski definition) is 1. The molecule has 0 spiro atoms. The molecule has 2 heterocycles. The minimum atomic E-state index is -0.199. The van der Waals surface area contributed by atoms with Gasteiger partial charge in [0.15, 0.2) is 11.0 Å². The van der Waals surface area contributed by atoms with Crippen molar-refractivity contribution >= 4 is 45.9 Å². The maximum atomic E-state index is 12.4. The van der Waals surface area contributed by atoms with Crippen molar-refractivity contribution in [3.63, 3.8) is 0 Å². The van der Waals surface area contributed by atoms with Gasteiger partial charge in [0, 0.05) is 30.8 Å². The number of nitrogens with one attached hydrogen (secondary N) is 1. The molecule has 0 bridgehead atoms. The van der Waals surface area contributed by atoms with Crippen molar-refractivity contribution in [1.82, 2.24) is 24.7 Å². The van der Waals surface area contributed by atoms with E-state index in [9.17, 15) is 4.79 Å². The molecule has 0 radical (unpaired) electrons. The highest BCUT2D eigenvalue weighted by molar-refractivity contribution is 7.98. The molecule has 4 rings (SSSR count). The normalized spacial score (nSPS) is 11.3. The van der Waals surface area contributed by atoms with Crippen LogP contribution >= 0.6 is 35.0 Å². The van der Waals surface area contributed by atoms with Gasteiger partial charge in [-0.2, -0.15) is 0 Å².